The summed E-state index contributed by atoms with van der Waals surface area (Å²) in [6.45, 7) is 1.84. The molecule has 4 heteroatoms. The zero-order valence-electron chi connectivity index (χ0n) is 9.28. The molecule has 1 aromatic heterocycles. The maximum absolute atomic E-state index is 9.98. The van der Waals surface area contributed by atoms with Crippen molar-refractivity contribution in [2.75, 3.05) is 0 Å². The molecule has 2 nitrogen and oxygen atoms in total. The summed E-state index contributed by atoms with van der Waals surface area (Å²) in [5.74, 6) is 1.35. The van der Waals surface area contributed by atoms with Crippen molar-refractivity contribution in [1.29, 1.82) is 0 Å². The minimum Gasteiger partial charge on any atom is -0.464 e. The van der Waals surface area contributed by atoms with Crippen molar-refractivity contribution >= 4 is 23.2 Å². The maximum atomic E-state index is 9.98. The van der Waals surface area contributed by atoms with Crippen LogP contribution in [0, 0.1) is 6.92 Å². The number of furan rings is 1. The molecule has 1 heterocycles. The Kier molecular flexibility index (Phi) is 3.77. The molecule has 1 N–H and O–H groups in total. The van der Waals surface area contributed by atoms with Gasteiger partial charge in [-0.2, -0.15) is 0 Å². The van der Waals surface area contributed by atoms with Crippen LogP contribution >= 0.6 is 23.2 Å². The van der Waals surface area contributed by atoms with E-state index in [-0.39, 0.29) is 0 Å². The van der Waals surface area contributed by atoms with Gasteiger partial charge in [0, 0.05) is 6.42 Å². The fourth-order valence-electron chi connectivity index (χ4n) is 1.62. The van der Waals surface area contributed by atoms with Crippen molar-refractivity contribution in [3.8, 4) is 0 Å². The molecule has 90 valence electrons. The molecule has 2 aromatic rings. The van der Waals surface area contributed by atoms with E-state index in [0.717, 1.165) is 11.3 Å². The van der Waals surface area contributed by atoms with E-state index in [1.165, 1.54) is 0 Å². The van der Waals surface area contributed by atoms with E-state index >= 15 is 0 Å². The monoisotopic (exact) mass is 270 g/mol. The Labute approximate surface area is 110 Å². The van der Waals surface area contributed by atoms with Gasteiger partial charge < -0.3 is 9.52 Å². The Balaban J connectivity index is 2.12. The highest BCUT2D eigenvalue weighted by molar-refractivity contribution is 6.42. The number of halogens is 2. The molecule has 0 bridgehead atoms. The van der Waals surface area contributed by atoms with Crippen molar-refractivity contribution < 1.29 is 9.52 Å². The highest BCUT2D eigenvalue weighted by atomic mass is 35.5. The summed E-state index contributed by atoms with van der Waals surface area (Å²) < 4.78 is 5.36. The molecule has 2 rings (SSSR count). The summed E-state index contributed by atoms with van der Waals surface area (Å²) in [6, 6.07) is 8.92. The van der Waals surface area contributed by atoms with Gasteiger partial charge in [-0.1, -0.05) is 29.3 Å². The van der Waals surface area contributed by atoms with Crippen LogP contribution in [0.4, 0.5) is 0 Å². The second-order valence-corrected chi connectivity index (χ2v) is 4.73. The number of aliphatic hydroxyl groups is 1. The van der Waals surface area contributed by atoms with E-state index in [9.17, 15) is 5.11 Å². The van der Waals surface area contributed by atoms with E-state index in [2.05, 4.69) is 0 Å². The van der Waals surface area contributed by atoms with Gasteiger partial charge in [0.2, 0.25) is 0 Å². The Morgan fingerprint density at radius 2 is 1.94 bits per heavy atom. The van der Waals surface area contributed by atoms with Gasteiger partial charge in [-0.15, -0.1) is 0 Å². The van der Waals surface area contributed by atoms with Crippen LogP contribution < -0.4 is 0 Å². The summed E-state index contributed by atoms with van der Waals surface area (Å²) in [5.41, 5.74) is 0.918. The van der Waals surface area contributed by atoms with Crippen molar-refractivity contribution in [3.63, 3.8) is 0 Å². The van der Waals surface area contributed by atoms with Crippen LogP contribution in [0.2, 0.25) is 10.0 Å². The SMILES string of the molecule is Cc1ccc(C(O)Cc2ccc(Cl)c(Cl)c2)o1. The van der Waals surface area contributed by atoms with Gasteiger partial charge in [-0.25, -0.2) is 0 Å². The maximum Gasteiger partial charge on any atom is 0.132 e. The molecule has 0 saturated carbocycles. The van der Waals surface area contributed by atoms with E-state index in [1.54, 1.807) is 18.2 Å². The number of benzene rings is 1. The molecule has 0 amide bonds. The normalized spacial score (nSPS) is 12.7. The molecule has 0 radical (unpaired) electrons. The Morgan fingerprint density at radius 1 is 1.18 bits per heavy atom. The first kappa shape index (κ1) is 12.5. The zero-order valence-corrected chi connectivity index (χ0v) is 10.8. The van der Waals surface area contributed by atoms with Gasteiger partial charge >= 0.3 is 0 Å². The molecule has 0 aliphatic heterocycles. The number of aryl methyl sites for hydroxylation is 1. The predicted octanol–water partition coefficient (Wildman–Crippen LogP) is 4.17. The lowest BCUT2D eigenvalue weighted by Crippen LogP contribution is -2.00. The Morgan fingerprint density at radius 3 is 2.53 bits per heavy atom. The third kappa shape index (κ3) is 3.03. The van der Waals surface area contributed by atoms with Crippen molar-refractivity contribution in [1.82, 2.24) is 0 Å². The van der Waals surface area contributed by atoms with Gasteiger partial charge in [-0.05, 0) is 36.8 Å². The minimum atomic E-state index is -0.666. The number of rotatable bonds is 3. The number of aliphatic hydroxyl groups excluding tert-OH is 1. The molecule has 0 saturated heterocycles. The number of hydrogen-bond donors (Lipinski definition) is 1. The highest BCUT2D eigenvalue weighted by Gasteiger charge is 2.13. The van der Waals surface area contributed by atoms with Gasteiger partial charge in [0.15, 0.2) is 0 Å². The highest BCUT2D eigenvalue weighted by Crippen LogP contribution is 2.26. The van der Waals surface area contributed by atoms with E-state index in [4.69, 9.17) is 27.6 Å². The van der Waals surface area contributed by atoms with Crippen LogP contribution in [0.15, 0.2) is 34.7 Å². The molecule has 1 aromatic carbocycles. The second-order valence-electron chi connectivity index (χ2n) is 3.92. The number of hydrogen-bond acceptors (Lipinski definition) is 2. The van der Waals surface area contributed by atoms with Crippen molar-refractivity contribution in [2.45, 2.75) is 19.4 Å². The third-order valence-electron chi connectivity index (χ3n) is 2.50. The van der Waals surface area contributed by atoms with Crippen molar-refractivity contribution in [3.05, 3.63) is 57.5 Å². The van der Waals surface area contributed by atoms with Crippen LogP contribution in [0.5, 0.6) is 0 Å². The molecule has 0 spiro atoms. The van der Waals surface area contributed by atoms with Crippen LogP contribution in [-0.2, 0) is 6.42 Å². The average molecular weight is 271 g/mol. The van der Waals surface area contributed by atoms with Crippen LogP contribution in [-0.4, -0.2) is 5.11 Å². The average Bonchev–Trinajstić information content (AvgIpc) is 2.70. The topological polar surface area (TPSA) is 33.4 Å². The lowest BCUT2D eigenvalue weighted by Gasteiger charge is -2.08. The van der Waals surface area contributed by atoms with Crippen molar-refractivity contribution in [2.24, 2.45) is 0 Å². The molecule has 0 aliphatic rings. The summed E-state index contributed by atoms with van der Waals surface area (Å²) in [7, 11) is 0. The fraction of sp³-hybridized carbons (Fsp3) is 0.231. The van der Waals surface area contributed by atoms with E-state index < -0.39 is 6.10 Å². The van der Waals surface area contributed by atoms with E-state index in [0.29, 0.717) is 22.2 Å². The standard InChI is InChI=1S/C13H12Cl2O2/c1-8-2-5-13(17-8)12(16)7-9-3-4-10(14)11(15)6-9/h2-6,12,16H,7H2,1H3. The zero-order chi connectivity index (χ0) is 12.4. The molecule has 1 atom stereocenters. The van der Waals surface area contributed by atoms with Gasteiger partial charge in [0.05, 0.1) is 10.0 Å². The molecular weight excluding hydrogens is 259 g/mol. The molecular formula is C13H12Cl2O2. The van der Waals surface area contributed by atoms with Crippen LogP contribution in [0.1, 0.15) is 23.2 Å². The predicted molar refractivity (Wildman–Crippen MR) is 68.6 cm³/mol. The summed E-state index contributed by atoms with van der Waals surface area (Å²) in [6.07, 6.45) is -0.218. The molecule has 1 unspecified atom stereocenters. The smallest absolute Gasteiger partial charge is 0.132 e. The first-order valence-electron chi connectivity index (χ1n) is 5.24. The Hall–Kier alpha value is -0.960. The second kappa shape index (κ2) is 5.13. The largest absolute Gasteiger partial charge is 0.464 e. The summed E-state index contributed by atoms with van der Waals surface area (Å²) >= 11 is 11.7. The van der Waals surface area contributed by atoms with Gasteiger partial charge in [0.1, 0.15) is 17.6 Å². The minimum absolute atomic E-state index is 0.448. The summed E-state index contributed by atoms with van der Waals surface area (Å²) in [4.78, 5) is 0. The van der Waals surface area contributed by atoms with Crippen LogP contribution in [0.3, 0.4) is 0 Å². The molecule has 0 aliphatic carbocycles. The summed E-state index contributed by atoms with van der Waals surface area (Å²) in [5, 5.41) is 11.0. The quantitative estimate of drug-likeness (QED) is 0.908. The van der Waals surface area contributed by atoms with Crippen LogP contribution in [0.25, 0.3) is 0 Å². The van der Waals surface area contributed by atoms with Gasteiger partial charge in [-0.3, -0.25) is 0 Å². The first-order chi connectivity index (χ1) is 8.06. The third-order valence-corrected chi connectivity index (χ3v) is 3.24. The fourth-order valence-corrected chi connectivity index (χ4v) is 1.94. The van der Waals surface area contributed by atoms with E-state index in [1.807, 2.05) is 19.1 Å². The Bertz CT molecular complexity index is 520. The molecule has 0 fully saturated rings. The van der Waals surface area contributed by atoms with Gasteiger partial charge in [0.25, 0.3) is 0 Å². The lowest BCUT2D eigenvalue weighted by atomic mass is 10.1. The first-order valence-corrected chi connectivity index (χ1v) is 6.00. The lowest BCUT2D eigenvalue weighted by molar-refractivity contribution is 0.149. The molecule has 17 heavy (non-hydrogen) atoms.